The molecule has 3 rings (SSSR count). The van der Waals surface area contributed by atoms with Gasteiger partial charge in [0.05, 0.1) is 0 Å². The molecule has 0 aromatic rings. The van der Waals surface area contributed by atoms with Crippen molar-refractivity contribution in [2.24, 2.45) is 23.3 Å². The Labute approximate surface area is 166 Å². The first-order chi connectivity index (χ1) is 13.4. The van der Waals surface area contributed by atoms with E-state index in [9.17, 15) is 4.79 Å². The van der Waals surface area contributed by atoms with Crippen molar-refractivity contribution in [2.45, 2.75) is 38.5 Å². The summed E-state index contributed by atoms with van der Waals surface area (Å²) in [6.07, 6.45) is 21.1. The van der Waals surface area contributed by atoms with E-state index < -0.39 is 0 Å². The molecule has 28 heavy (non-hydrogen) atoms. The summed E-state index contributed by atoms with van der Waals surface area (Å²) in [5.74, 6) is 0.692. The topological polar surface area (TPSA) is 117 Å². The minimum Gasteiger partial charge on any atom is -0.384 e. The molecule has 2 atom stereocenters. The van der Waals surface area contributed by atoms with Crippen molar-refractivity contribution in [1.29, 1.82) is 10.8 Å². The van der Waals surface area contributed by atoms with Crippen LogP contribution in [0.4, 0.5) is 0 Å². The number of ketones is 1. The third-order valence-electron chi connectivity index (χ3n) is 5.44. The lowest BCUT2D eigenvalue weighted by atomic mass is 9.89. The van der Waals surface area contributed by atoms with Crippen molar-refractivity contribution >= 4 is 17.5 Å². The van der Waals surface area contributed by atoms with Crippen molar-refractivity contribution in [3.63, 3.8) is 0 Å². The second kappa shape index (κ2) is 8.83. The Bertz CT molecular complexity index is 797. The van der Waals surface area contributed by atoms with Gasteiger partial charge in [0.2, 0.25) is 0 Å². The Morgan fingerprint density at radius 3 is 1.61 bits per heavy atom. The van der Waals surface area contributed by atoms with Crippen LogP contribution in [0, 0.1) is 22.7 Å². The summed E-state index contributed by atoms with van der Waals surface area (Å²) in [7, 11) is 0. The molecule has 0 unspecified atom stereocenters. The van der Waals surface area contributed by atoms with Crippen molar-refractivity contribution in [2.75, 3.05) is 0 Å². The highest BCUT2D eigenvalue weighted by Crippen LogP contribution is 2.29. The predicted octanol–water partition coefficient (Wildman–Crippen LogP) is 3.86. The third kappa shape index (κ3) is 4.85. The number of allylic oxidation sites excluding steroid dienone is 8. The number of nitrogens with two attached hydrogens (primary N) is 2. The first kappa shape index (κ1) is 19.8. The Morgan fingerprint density at radius 1 is 0.857 bits per heavy atom. The SMILES string of the molecule is N=C(N)C1=CC[C@@H](/C=C2\CCCC/C(=C\[C@@H]3C=CC(C(=N)N)=CC3)C2=O)C=C1. The number of rotatable bonds is 4. The minimum atomic E-state index is 0.0839. The number of Topliss-reactive ketones (excluding diaryl/α,β-unsaturated/α-hetero) is 1. The molecule has 0 spiro atoms. The second-order valence-corrected chi connectivity index (χ2v) is 7.58. The van der Waals surface area contributed by atoms with Crippen molar-refractivity contribution in [3.8, 4) is 0 Å². The summed E-state index contributed by atoms with van der Waals surface area (Å²) in [6, 6.07) is 0. The van der Waals surface area contributed by atoms with Gasteiger partial charge >= 0.3 is 0 Å². The molecule has 0 heterocycles. The van der Waals surface area contributed by atoms with Crippen LogP contribution < -0.4 is 11.5 Å². The molecule has 3 aliphatic carbocycles. The summed E-state index contributed by atoms with van der Waals surface area (Å²) in [6.45, 7) is 0. The molecule has 6 N–H and O–H groups in total. The number of nitrogens with one attached hydrogen (secondary N) is 2. The van der Waals surface area contributed by atoms with Gasteiger partial charge in [-0.25, -0.2) is 0 Å². The summed E-state index contributed by atoms with van der Waals surface area (Å²) < 4.78 is 0. The highest BCUT2D eigenvalue weighted by Gasteiger charge is 2.21. The maximum absolute atomic E-state index is 13.1. The Hall–Kier alpha value is -2.95. The van der Waals surface area contributed by atoms with Gasteiger partial charge in [0.1, 0.15) is 11.7 Å². The van der Waals surface area contributed by atoms with E-state index in [2.05, 4.69) is 12.2 Å². The molecule has 5 heteroatoms. The van der Waals surface area contributed by atoms with Crippen LogP contribution in [-0.2, 0) is 4.79 Å². The van der Waals surface area contributed by atoms with E-state index in [1.807, 2.05) is 36.5 Å². The fourth-order valence-corrected chi connectivity index (χ4v) is 3.82. The van der Waals surface area contributed by atoms with Crippen LogP contribution in [0.2, 0.25) is 0 Å². The van der Waals surface area contributed by atoms with Crippen molar-refractivity contribution < 1.29 is 4.79 Å². The van der Waals surface area contributed by atoms with Crippen LogP contribution >= 0.6 is 0 Å². The molecule has 0 radical (unpaired) electrons. The highest BCUT2D eigenvalue weighted by molar-refractivity contribution is 6.08. The molecule has 0 aromatic carbocycles. The van der Waals surface area contributed by atoms with Crippen LogP contribution in [0.1, 0.15) is 38.5 Å². The van der Waals surface area contributed by atoms with Crippen LogP contribution in [0.15, 0.2) is 70.9 Å². The molecule has 0 aromatic heterocycles. The van der Waals surface area contributed by atoms with E-state index in [1.165, 1.54) is 0 Å². The second-order valence-electron chi connectivity index (χ2n) is 7.58. The quantitative estimate of drug-likeness (QED) is 0.258. The summed E-state index contributed by atoms with van der Waals surface area (Å²) in [5.41, 5.74) is 14.4. The number of hydrogen-bond acceptors (Lipinski definition) is 3. The largest absolute Gasteiger partial charge is 0.384 e. The maximum Gasteiger partial charge on any atom is 0.184 e. The van der Waals surface area contributed by atoms with Gasteiger partial charge in [-0.2, -0.15) is 0 Å². The molecule has 0 saturated heterocycles. The van der Waals surface area contributed by atoms with E-state index in [4.69, 9.17) is 22.3 Å². The first-order valence-electron chi connectivity index (χ1n) is 9.85. The predicted molar refractivity (Wildman–Crippen MR) is 114 cm³/mol. The fraction of sp³-hybridized carbons (Fsp3) is 0.348. The van der Waals surface area contributed by atoms with Gasteiger partial charge in [-0.15, -0.1) is 0 Å². The van der Waals surface area contributed by atoms with Gasteiger partial charge in [0.15, 0.2) is 5.78 Å². The molecular formula is C23H28N4O. The Morgan fingerprint density at radius 2 is 1.29 bits per heavy atom. The first-order valence-corrected chi connectivity index (χ1v) is 9.85. The standard InChI is InChI=1S/C23H28N4O/c24-22(25)17-9-5-15(6-10-17)13-19-3-1-2-4-20(21(19)28)14-16-7-11-18(12-8-16)23(26)27/h5,7,9-16H,1-4,6,8H2,(H3,24,25)(H3,26,27)/b19-13+,20-14+/t15-,16+. The molecule has 0 bridgehead atoms. The average molecular weight is 377 g/mol. The molecule has 3 aliphatic rings. The normalized spacial score (nSPS) is 28.1. The summed E-state index contributed by atoms with van der Waals surface area (Å²) >= 11 is 0. The smallest absolute Gasteiger partial charge is 0.184 e. The van der Waals surface area contributed by atoms with E-state index in [-0.39, 0.29) is 29.3 Å². The van der Waals surface area contributed by atoms with Crippen LogP contribution in [0.5, 0.6) is 0 Å². The van der Waals surface area contributed by atoms with Gasteiger partial charge in [0.25, 0.3) is 0 Å². The van der Waals surface area contributed by atoms with Crippen LogP contribution in [0.25, 0.3) is 0 Å². The number of hydrogen-bond donors (Lipinski definition) is 4. The average Bonchev–Trinajstić information content (AvgIpc) is 2.85. The van der Waals surface area contributed by atoms with E-state index in [0.717, 1.165) is 60.8 Å². The molecule has 146 valence electrons. The van der Waals surface area contributed by atoms with E-state index in [1.54, 1.807) is 0 Å². The number of amidine groups is 2. The fourth-order valence-electron chi connectivity index (χ4n) is 3.82. The lowest BCUT2D eigenvalue weighted by molar-refractivity contribution is -0.112. The minimum absolute atomic E-state index is 0.0839. The molecule has 1 saturated carbocycles. The summed E-state index contributed by atoms with van der Waals surface area (Å²) in [5, 5.41) is 15.0. The molecule has 5 nitrogen and oxygen atoms in total. The number of carbonyl (C=O) groups excluding carboxylic acids is 1. The zero-order valence-electron chi connectivity index (χ0n) is 16.1. The molecule has 0 amide bonds. The van der Waals surface area contributed by atoms with Crippen LogP contribution in [-0.4, -0.2) is 17.5 Å². The van der Waals surface area contributed by atoms with Gasteiger partial charge < -0.3 is 11.5 Å². The van der Waals surface area contributed by atoms with E-state index >= 15 is 0 Å². The highest BCUT2D eigenvalue weighted by atomic mass is 16.1. The van der Waals surface area contributed by atoms with Crippen molar-refractivity contribution in [3.05, 3.63) is 70.9 Å². The molecular weight excluding hydrogens is 348 g/mol. The molecule has 1 fully saturated rings. The van der Waals surface area contributed by atoms with Crippen molar-refractivity contribution in [1.82, 2.24) is 0 Å². The van der Waals surface area contributed by atoms with E-state index in [0.29, 0.717) is 0 Å². The van der Waals surface area contributed by atoms with Gasteiger partial charge in [-0.1, -0.05) is 48.6 Å². The van der Waals surface area contributed by atoms with Crippen LogP contribution in [0.3, 0.4) is 0 Å². The Balaban J connectivity index is 1.73. The van der Waals surface area contributed by atoms with Gasteiger partial charge in [-0.3, -0.25) is 15.6 Å². The zero-order chi connectivity index (χ0) is 20.1. The lowest BCUT2D eigenvalue weighted by Gasteiger charge is -2.16. The summed E-state index contributed by atoms with van der Waals surface area (Å²) in [4.78, 5) is 13.1. The maximum atomic E-state index is 13.1. The monoisotopic (exact) mass is 376 g/mol. The zero-order valence-corrected chi connectivity index (χ0v) is 16.1. The molecule has 0 aliphatic heterocycles. The lowest BCUT2D eigenvalue weighted by Crippen LogP contribution is -2.15. The third-order valence-corrected chi connectivity index (χ3v) is 5.44. The van der Waals surface area contributed by atoms with Gasteiger partial charge in [-0.05, 0) is 61.5 Å². The van der Waals surface area contributed by atoms with Gasteiger partial charge in [0, 0.05) is 11.1 Å². The number of carbonyl (C=O) groups is 1. The Kier molecular flexibility index (Phi) is 6.24.